The summed E-state index contributed by atoms with van der Waals surface area (Å²) in [6.07, 6.45) is -0.843. The molecule has 0 aliphatic carbocycles. The highest BCUT2D eigenvalue weighted by atomic mass is 19.1. The molecular weight excluding hydrogens is 241 g/mol. The first-order valence-corrected chi connectivity index (χ1v) is 6.27. The maximum Gasteiger partial charge on any atom is 0.131 e. The van der Waals surface area contributed by atoms with Crippen LogP contribution in [0.5, 0.6) is 0 Å². The van der Waals surface area contributed by atoms with Crippen LogP contribution < -0.4 is 4.90 Å². The summed E-state index contributed by atoms with van der Waals surface area (Å²) >= 11 is 0. The second kappa shape index (κ2) is 5.41. The van der Waals surface area contributed by atoms with E-state index in [4.69, 9.17) is 0 Å². The van der Waals surface area contributed by atoms with Gasteiger partial charge in [0, 0.05) is 24.0 Å². The highest BCUT2D eigenvalue weighted by Gasteiger charge is 2.16. The van der Waals surface area contributed by atoms with Crippen LogP contribution in [0.3, 0.4) is 0 Å². The fourth-order valence-electron chi connectivity index (χ4n) is 2.14. The monoisotopic (exact) mass is 259 g/mol. The molecule has 19 heavy (non-hydrogen) atoms. The predicted molar refractivity (Wildman–Crippen MR) is 76.3 cm³/mol. The van der Waals surface area contributed by atoms with Gasteiger partial charge in [-0.25, -0.2) is 4.39 Å². The van der Waals surface area contributed by atoms with Crippen molar-refractivity contribution in [1.82, 2.24) is 0 Å². The van der Waals surface area contributed by atoms with E-state index in [1.165, 1.54) is 11.6 Å². The number of benzene rings is 2. The average molecular weight is 259 g/mol. The molecule has 1 unspecified atom stereocenters. The van der Waals surface area contributed by atoms with Gasteiger partial charge < -0.3 is 10.0 Å². The molecule has 0 saturated heterocycles. The lowest BCUT2D eigenvalue weighted by molar-refractivity contribution is 0.194. The van der Waals surface area contributed by atoms with Gasteiger partial charge in [0.25, 0.3) is 0 Å². The van der Waals surface area contributed by atoms with Crippen LogP contribution in [-0.4, -0.2) is 12.2 Å². The van der Waals surface area contributed by atoms with E-state index in [0.29, 0.717) is 11.3 Å². The Morgan fingerprint density at radius 2 is 1.74 bits per heavy atom. The Labute approximate surface area is 113 Å². The maximum absolute atomic E-state index is 13.9. The van der Waals surface area contributed by atoms with E-state index in [-0.39, 0.29) is 5.82 Å². The summed E-state index contributed by atoms with van der Waals surface area (Å²) in [6.45, 7) is 3.60. The number of nitrogens with zero attached hydrogens (tertiary/aromatic N) is 1. The molecule has 0 spiro atoms. The van der Waals surface area contributed by atoms with Crippen LogP contribution >= 0.6 is 0 Å². The van der Waals surface area contributed by atoms with Gasteiger partial charge in [0.2, 0.25) is 0 Å². The van der Waals surface area contributed by atoms with Crippen molar-refractivity contribution in [3.63, 3.8) is 0 Å². The summed E-state index contributed by atoms with van der Waals surface area (Å²) in [5, 5.41) is 9.76. The quantitative estimate of drug-likeness (QED) is 0.902. The normalized spacial score (nSPS) is 12.3. The van der Waals surface area contributed by atoms with E-state index in [1.807, 2.05) is 49.2 Å². The van der Waals surface area contributed by atoms with Crippen LogP contribution in [-0.2, 0) is 0 Å². The second-order valence-electron chi connectivity index (χ2n) is 4.74. The molecule has 0 aromatic heterocycles. The number of rotatable bonds is 3. The van der Waals surface area contributed by atoms with Crippen molar-refractivity contribution >= 4 is 11.4 Å². The predicted octanol–water partition coefficient (Wildman–Crippen LogP) is 3.96. The van der Waals surface area contributed by atoms with E-state index < -0.39 is 6.10 Å². The molecule has 2 nitrogen and oxygen atoms in total. The number of aliphatic hydroxyl groups is 1. The summed E-state index contributed by atoms with van der Waals surface area (Å²) < 4.78 is 13.9. The Morgan fingerprint density at radius 3 is 2.32 bits per heavy atom. The molecule has 0 amide bonds. The molecule has 3 heteroatoms. The van der Waals surface area contributed by atoms with Crippen LogP contribution in [0.15, 0.2) is 42.5 Å². The van der Waals surface area contributed by atoms with Gasteiger partial charge in [-0.15, -0.1) is 0 Å². The average Bonchev–Trinajstić information content (AvgIpc) is 2.38. The zero-order chi connectivity index (χ0) is 14.0. The van der Waals surface area contributed by atoms with Gasteiger partial charge in [-0.3, -0.25) is 0 Å². The smallest absolute Gasteiger partial charge is 0.131 e. The van der Waals surface area contributed by atoms with Crippen molar-refractivity contribution in [3.8, 4) is 0 Å². The first-order chi connectivity index (χ1) is 9.00. The summed E-state index contributed by atoms with van der Waals surface area (Å²) in [5.41, 5.74) is 3.13. The van der Waals surface area contributed by atoms with Crippen molar-refractivity contribution in [2.45, 2.75) is 20.0 Å². The Kier molecular flexibility index (Phi) is 3.86. The molecule has 2 aromatic rings. The first kappa shape index (κ1) is 13.6. The van der Waals surface area contributed by atoms with Gasteiger partial charge >= 0.3 is 0 Å². The first-order valence-electron chi connectivity index (χ1n) is 6.27. The maximum atomic E-state index is 13.9. The number of hydrogen-bond acceptors (Lipinski definition) is 2. The Hall–Kier alpha value is -1.87. The molecule has 2 aromatic carbocycles. The number of anilines is 2. The molecule has 0 radical (unpaired) electrons. The van der Waals surface area contributed by atoms with E-state index >= 15 is 0 Å². The molecule has 1 N–H and O–H groups in total. The lowest BCUT2D eigenvalue weighted by atomic mass is 10.1. The molecule has 100 valence electrons. The standard InChI is InChI=1S/C16H18FNO/c1-11-7-9-13(10-8-11)18(3)15-6-4-5-14(17)16(15)12(2)19/h4-10,12,19H,1-3H3. The zero-order valence-corrected chi connectivity index (χ0v) is 11.4. The third-order valence-electron chi connectivity index (χ3n) is 3.23. The zero-order valence-electron chi connectivity index (χ0n) is 11.4. The molecular formula is C16H18FNO. The van der Waals surface area contributed by atoms with Gasteiger partial charge in [-0.1, -0.05) is 23.8 Å². The van der Waals surface area contributed by atoms with Crippen molar-refractivity contribution in [1.29, 1.82) is 0 Å². The van der Waals surface area contributed by atoms with Crippen LogP contribution in [0.25, 0.3) is 0 Å². The number of hydrogen-bond donors (Lipinski definition) is 1. The molecule has 0 heterocycles. The van der Waals surface area contributed by atoms with Crippen molar-refractivity contribution in [2.24, 2.45) is 0 Å². The minimum absolute atomic E-state index is 0.325. The Bertz CT molecular complexity index is 563. The highest BCUT2D eigenvalue weighted by Crippen LogP contribution is 2.32. The van der Waals surface area contributed by atoms with Gasteiger partial charge in [0.15, 0.2) is 0 Å². The third-order valence-corrected chi connectivity index (χ3v) is 3.23. The number of aryl methyl sites for hydroxylation is 1. The van der Waals surface area contributed by atoms with Crippen LogP contribution in [0.2, 0.25) is 0 Å². The third kappa shape index (κ3) is 2.76. The Balaban J connectivity index is 2.46. The van der Waals surface area contributed by atoms with Gasteiger partial charge in [-0.05, 0) is 38.1 Å². The minimum Gasteiger partial charge on any atom is -0.389 e. The van der Waals surface area contributed by atoms with E-state index in [1.54, 1.807) is 13.0 Å². The molecule has 0 aliphatic heterocycles. The molecule has 2 rings (SSSR count). The van der Waals surface area contributed by atoms with Gasteiger partial charge in [-0.2, -0.15) is 0 Å². The summed E-state index contributed by atoms with van der Waals surface area (Å²) in [4.78, 5) is 1.88. The molecule has 0 bridgehead atoms. The SMILES string of the molecule is Cc1ccc(N(C)c2cccc(F)c2C(C)O)cc1. The van der Waals surface area contributed by atoms with Crippen LogP contribution in [0.4, 0.5) is 15.8 Å². The number of halogens is 1. The second-order valence-corrected chi connectivity index (χ2v) is 4.74. The van der Waals surface area contributed by atoms with Crippen molar-refractivity contribution in [3.05, 3.63) is 59.4 Å². The topological polar surface area (TPSA) is 23.5 Å². The van der Waals surface area contributed by atoms with Gasteiger partial charge in [0.05, 0.1) is 6.10 Å². The summed E-state index contributed by atoms with van der Waals surface area (Å²) in [7, 11) is 1.87. The lowest BCUT2D eigenvalue weighted by Crippen LogP contribution is -2.14. The number of aliphatic hydroxyl groups excluding tert-OH is 1. The van der Waals surface area contributed by atoms with E-state index in [9.17, 15) is 9.50 Å². The lowest BCUT2D eigenvalue weighted by Gasteiger charge is -2.24. The Morgan fingerprint density at radius 1 is 1.11 bits per heavy atom. The van der Waals surface area contributed by atoms with Crippen LogP contribution in [0.1, 0.15) is 24.2 Å². The minimum atomic E-state index is -0.843. The van der Waals surface area contributed by atoms with E-state index in [0.717, 1.165) is 5.69 Å². The van der Waals surface area contributed by atoms with Crippen LogP contribution in [0, 0.1) is 12.7 Å². The van der Waals surface area contributed by atoms with Crippen molar-refractivity contribution < 1.29 is 9.50 Å². The fourth-order valence-corrected chi connectivity index (χ4v) is 2.14. The summed E-state index contributed by atoms with van der Waals surface area (Å²) in [5.74, 6) is -0.383. The fraction of sp³-hybridized carbons (Fsp3) is 0.250. The molecule has 0 aliphatic rings. The van der Waals surface area contributed by atoms with E-state index in [2.05, 4.69) is 0 Å². The highest BCUT2D eigenvalue weighted by molar-refractivity contribution is 5.66. The summed E-state index contributed by atoms with van der Waals surface area (Å²) in [6, 6.07) is 12.8. The molecule has 1 atom stereocenters. The largest absolute Gasteiger partial charge is 0.389 e. The molecule has 0 fully saturated rings. The van der Waals surface area contributed by atoms with Crippen molar-refractivity contribution in [2.75, 3.05) is 11.9 Å². The molecule has 0 saturated carbocycles. The van der Waals surface area contributed by atoms with Gasteiger partial charge in [0.1, 0.15) is 5.82 Å².